The molecule has 0 aromatic heterocycles. The Morgan fingerprint density at radius 3 is 2.35 bits per heavy atom. The van der Waals surface area contributed by atoms with E-state index in [4.69, 9.17) is 9.47 Å². The average molecular weight is 451 g/mol. The van der Waals surface area contributed by atoms with Crippen LogP contribution < -0.4 is 4.74 Å². The van der Waals surface area contributed by atoms with Crippen molar-refractivity contribution < 1.29 is 27.5 Å². The number of hydrogen-bond acceptors (Lipinski definition) is 6. The smallest absolute Gasteiger partial charge is 0.310 e. The Hall–Kier alpha value is -2.57. The largest absolute Gasteiger partial charge is 0.481 e. The van der Waals surface area contributed by atoms with E-state index < -0.39 is 21.9 Å². The number of methoxy groups -OCH3 is 1. The second-order valence-electron chi connectivity index (χ2n) is 7.55. The maximum absolute atomic E-state index is 12.9. The molecule has 9 heteroatoms. The lowest BCUT2D eigenvalue weighted by Crippen LogP contribution is -2.44. The second kappa shape index (κ2) is 11.2. The van der Waals surface area contributed by atoms with E-state index >= 15 is 0 Å². The highest BCUT2D eigenvalue weighted by Gasteiger charge is 2.35. The molecule has 1 aliphatic rings. The molecule has 0 aliphatic carbocycles. The number of sulfonamides is 1. The van der Waals surface area contributed by atoms with E-state index in [1.165, 1.54) is 22.6 Å². The zero-order valence-corrected chi connectivity index (χ0v) is 19.3. The third-order valence-electron chi connectivity index (χ3n) is 5.45. The summed E-state index contributed by atoms with van der Waals surface area (Å²) in [6.45, 7) is 2.93. The highest BCUT2D eigenvalue weighted by atomic mass is 32.2. The summed E-state index contributed by atoms with van der Waals surface area (Å²) in [6.07, 6.45) is 2.27. The zero-order chi connectivity index (χ0) is 23.0. The quantitative estimate of drug-likeness (QED) is 0.441. The highest BCUT2D eigenvalue weighted by molar-refractivity contribution is 7.88. The van der Waals surface area contributed by atoms with E-state index in [9.17, 15) is 18.0 Å². The Morgan fingerprint density at radius 2 is 1.84 bits per heavy atom. The van der Waals surface area contributed by atoms with Gasteiger partial charge in [-0.05, 0) is 49.9 Å². The number of amides is 1. The van der Waals surface area contributed by atoms with Crippen LogP contribution in [0.5, 0.6) is 5.75 Å². The van der Waals surface area contributed by atoms with Crippen LogP contribution in [0.2, 0.25) is 0 Å². The first-order valence-electron chi connectivity index (χ1n) is 10.1. The minimum atomic E-state index is -3.25. The first kappa shape index (κ1) is 24.7. The predicted molar refractivity (Wildman–Crippen MR) is 117 cm³/mol. The van der Waals surface area contributed by atoms with Gasteiger partial charge in [-0.25, -0.2) is 12.7 Å². The number of benzene rings is 1. The van der Waals surface area contributed by atoms with Gasteiger partial charge >= 0.3 is 5.97 Å². The molecule has 1 aromatic carbocycles. The van der Waals surface area contributed by atoms with Crippen LogP contribution in [-0.4, -0.2) is 76.2 Å². The molecule has 0 saturated carbocycles. The molecule has 8 nitrogen and oxygen atoms in total. The van der Waals surface area contributed by atoms with Gasteiger partial charge in [-0.2, -0.15) is 0 Å². The molecule has 0 N–H and O–H groups in total. The first-order chi connectivity index (χ1) is 14.7. The molecule has 1 fully saturated rings. The van der Waals surface area contributed by atoms with Gasteiger partial charge in [-0.15, -0.1) is 5.92 Å². The van der Waals surface area contributed by atoms with E-state index in [0.29, 0.717) is 37.2 Å². The van der Waals surface area contributed by atoms with Crippen molar-refractivity contribution in [3.8, 4) is 17.6 Å². The molecule has 2 rings (SSSR count). The molecule has 31 heavy (non-hydrogen) atoms. The van der Waals surface area contributed by atoms with Gasteiger partial charge in [-0.1, -0.05) is 5.92 Å². The van der Waals surface area contributed by atoms with Crippen LogP contribution in [-0.2, 0) is 19.6 Å². The molecule has 1 saturated heterocycles. The Morgan fingerprint density at radius 1 is 1.23 bits per heavy atom. The summed E-state index contributed by atoms with van der Waals surface area (Å²) in [6, 6.07) is 6.75. The van der Waals surface area contributed by atoms with Crippen LogP contribution in [0.15, 0.2) is 24.3 Å². The van der Waals surface area contributed by atoms with Gasteiger partial charge in [0.2, 0.25) is 10.0 Å². The van der Waals surface area contributed by atoms with Crippen molar-refractivity contribution in [1.82, 2.24) is 9.21 Å². The SMILES string of the molecule is CC#CCOc1ccc(C(=O)N(C)C[C@@H](C(=O)OC)C2CCN(S(C)(=O)=O)CC2)cc1. The second-order valence-corrected chi connectivity index (χ2v) is 9.54. The van der Waals surface area contributed by atoms with Crippen molar-refractivity contribution >= 4 is 21.9 Å². The van der Waals surface area contributed by atoms with Crippen LogP contribution in [0.3, 0.4) is 0 Å². The van der Waals surface area contributed by atoms with Crippen molar-refractivity contribution in [3.63, 3.8) is 0 Å². The molecule has 1 heterocycles. The Balaban J connectivity index is 2.03. The fraction of sp³-hybridized carbons (Fsp3) is 0.545. The van der Waals surface area contributed by atoms with Gasteiger partial charge in [0.1, 0.15) is 12.4 Å². The maximum atomic E-state index is 12.9. The number of hydrogen-bond donors (Lipinski definition) is 0. The number of carbonyl (C=O) groups excluding carboxylic acids is 2. The van der Waals surface area contributed by atoms with Gasteiger partial charge in [0.05, 0.1) is 19.3 Å². The predicted octanol–water partition coefficient (Wildman–Crippen LogP) is 1.62. The molecule has 170 valence electrons. The Kier molecular flexibility index (Phi) is 8.89. The van der Waals surface area contributed by atoms with Crippen LogP contribution in [0.25, 0.3) is 0 Å². The van der Waals surface area contributed by atoms with Crippen molar-refractivity contribution in [2.24, 2.45) is 11.8 Å². The fourth-order valence-electron chi connectivity index (χ4n) is 3.66. The summed E-state index contributed by atoms with van der Waals surface area (Å²) >= 11 is 0. The summed E-state index contributed by atoms with van der Waals surface area (Å²) < 4.78 is 35.3. The van der Waals surface area contributed by atoms with Crippen LogP contribution in [0.1, 0.15) is 30.1 Å². The zero-order valence-electron chi connectivity index (χ0n) is 18.5. The highest BCUT2D eigenvalue weighted by Crippen LogP contribution is 2.28. The van der Waals surface area contributed by atoms with Gasteiger partial charge in [0, 0.05) is 32.2 Å². The van der Waals surface area contributed by atoms with Crippen molar-refractivity contribution in [3.05, 3.63) is 29.8 Å². The van der Waals surface area contributed by atoms with Gasteiger partial charge in [0.15, 0.2) is 0 Å². The normalized spacial score (nSPS) is 16.0. The van der Waals surface area contributed by atoms with Gasteiger partial charge in [0.25, 0.3) is 5.91 Å². The third-order valence-corrected chi connectivity index (χ3v) is 6.75. The number of carbonyl (C=O) groups is 2. The summed E-state index contributed by atoms with van der Waals surface area (Å²) in [7, 11) is -0.282. The minimum absolute atomic E-state index is 0.0591. The van der Waals surface area contributed by atoms with E-state index in [2.05, 4.69) is 11.8 Å². The summed E-state index contributed by atoms with van der Waals surface area (Å²) in [5, 5.41) is 0. The number of nitrogens with zero attached hydrogens (tertiary/aromatic N) is 2. The van der Waals surface area contributed by atoms with Crippen molar-refractivity contribution in [2.45, 2.75) is 19.8 Å². The van der Waals surface area contributed by atoms with Crippen molar-refractivity contribution in [1.29, 1.82) is 0 Å². The molecule has 1 atom stereocenters. The van der Waals surface area contributed by atoms with Gasteiger partial charge in [-0.3, -0.25) is 9.59 Å². The molecule has 1 aliphatic heterocycles. The van der Waals surface area contributed by atoms with E-state index in [0.717, 1.165) is 0 Å². The lowest BCUT2D eigenvalue weighted by Gasteiger charge is -2.35. The minimum Gasteiger partial charge on any atom is -0.481 e. The standard InChI is InChI=1S/C22H30N2O6S/c1-5-6-15-30-19-9-7-18(8-10-19)21(25)23(2)16-20(22(26)29-3)17-11-13-24(14-12-17)31(4,27)28/h7-10,17,20H,11-16H2,1-4H3/t20-/m1/s1. The molecular formula is C22H30N2O6S. The number of esters is 1. The molecule has 1 amide bonds. The third kappa shape index (κ3) is 6.97. The lowest BCUT2D eigenvalue weighted by molar-refractivity contribution is -0.148. The van der Waals surface area contributed by atoms with Crippen LogP contribution in [0.4, 0.5) is 0 Å². The summed E-state index contributed by atoms with van der Waals surface area (Å²) in [5.41, 5.74) is 0.479. The summed E-state index contributed by atoms with van der Waals surface area (Å²) in [5.74, 6) is 4.98. The first-order valence-corrected chi connectivity index (χ1v) is 11.9. The molecule has 1 aromatic rings. The molecule has 0 radical (unpaired) electrons. The Labute approximate surface area is 184 Å². The van der Waals surface area contributed by atoms with Crippen LogP contribution >= 0.6 is 0 Å². The van der Waals surface area contributed by atoms with E-state index in [1.807, 2.05) is 0 Å². The topological polar surface area (TPSA) is 93.2 Å². The Bertz CT molecular complexity index is 925. The van der Waals surface area contributed by atoms with E-state index in [-0.39, 0.29) is 25.0 Å². The number of ether oxygens (including phenoxy) is 2. The maximum Gasteiger partial charge on any atom is 0.310 e. The lowest BCUT2D eigenvalue weighted by atomic mass is 9.84. The fourth-order valence-corrected chi connectivity index (χ4v) is 4.53. The monoisotopic (exact) mass is 450 g/mol. The number of rotatable bonds is 8. The summed E-state index contributed by atoms with van der Waals surface area (Å²) in [4.78, 5) is 26.8. The van der Waals surface area contributed by atoms with Gasteiger partial charge < -0.3 is 14.4 Å². The molecule has 0 spiro atoms. The molecule has 0 bridgehead atoms. The molecular weight excluding hydrogens is 420 g/mol. The van der Waals surface area contributed by atoms with Crippen LogP contribution in [0, 0.1) is 23.7 Å². The van der Waals surface area contributed by atoms with E-state index in [1.54, 1.807) is 38.2 Å². The number of piperidine rings is 1. The van der Waals surface area contributed by atoms with Crippen molar-refractivity contribution in [2.75, 3.05) is 46.7 Å². The average Bonchev–Trinajstić information content (AvgIpc) is 2.76. The molecule has 0 unspecified atom stereocenters.